The molecule has 8 heteroatoms. The molecule has 1 aromatic rings. The molecular weight excluding hydrogens is 317 g/mol. The number of nitrogens with zero attached hydrogens (tertiary/aromatic N) is 2. The number of nitriles is 1. The molecule has 0 bridgehead atoms. The van der Waals surface area contributed by atoms with E-state index in [-0.39, 0.29) is 28.8 Å². The Kier molecular flexibility index (Phi) is 4.78. The van der Waals surface area contributed by atoms with Gasteiger partial charge in [-0.2, -0.15) is 5.26 Å². The minimum Gasteiger partial charge on any atom is -0.491 e. The van der Waals surface area contributed by atoms with E-state index in [0.717, 1.165) is 6.20 Å². The summed E-state index contributed by atoms with van der Waals surface area (Å²) in [6.45, 7) is 0. The van der Waals surface area contributed by atoms with Gasteiger partial charge in [0, 0.05) is 10.9 Å². The predicted molar refractivity (Wildman–Crippen MR) is 59.4 cm³/mol. The SMILES string of the molecule is COc1cnc(CC#N)c(CBr)c1OC(F)(F)F. The number of aromatic nitrogens is 1. The zero-order chi connectivity index (χ0) is 13.8. The number of rotatable bonds is 4. The average molecular weight is 325 g/mol. The van der Waals surface area contributed by atoms with Crippen LogP contribution in [-0.2, 0) is 11.8 Å². The monoisotopic (exact) mass is 324 g/mol. The van der Waals surface area contributed by atoms with Gasteiger partial charge in [0.1, 0.15) is 0 Å². The molecule has 0 aliphatic heterocycles. The van der Waals surface area contributed by atoms with E-state index < -0.39 is 12.1 Å². The fraction of sp³-hybridized carbons (Fsp3) is 0.400. The fourth-order valence-electron chi connectivity index (χ4n) is 1.29. The Morgan fingerprint density at radius 3 is 2.61 bits per heavy atom. The van der Waals surface area contributed by atoms with Gasteiger partial charge in [-0.05, 0) is 0 Å². The van der Waals surface area contributed by atoms with Crippen LogP contribution in [0.25, 0.3) is 0 Å². The predicted octanol–water partition coefficient (Wildman–Crippen LogP) is 2.95. The summed E-state index contributed by atoms with van der Waals surface area (Å²) >= 11 is 3.05. The van der Waals surface area contributed by atoms with Crippen LogP contribution in [0.5, 0.6) is 11.5 Å². The lowest BCUT2D eigenvalue weighted by Crippen LogP contribution is -2.19. The van der Waals surface area contributed by atoms with Crippen LogP contribution in [0, 0.1) is 11.3 Å². The van der Waals surface area contributed by atoms with E-state index in [1.807, 2.05) is 6.07 Å². The fourth-order valence-corrected chi connectivity index (χ4v) is 1.87. The van der Waals surface area contributed by atoms with Crippen LogP contribution in [0.2, 0.25) is 0 Å². The topological polar surface area (TPSA) is 55.1 Å². The molecule has 0 aliphatic rings. The van der Waals surface area contributed by atoms with E-state index in [9.17, 15) is 13.2 Å². The van der Waals surface area contributed by atoms with Gasteiger partial charge < -0.3 is 9.47 Å². The summed E-state index contributed by atoms with van der Waals surface area (Å²) in [5.41, 5.74) is 0.364. The van der Waals surface area contributed by atoms with Crippen LogP contribution >= 0.6 is 15.9 Å². The van der Waals surface area contributed by atoms with Crippen molar-refractivity contribution in [3.63, 3.8) is 0 Å². The Hall–Kier alpha value is -1.49. The number of pyridine rings is 1. The van der Waals surface area contributed by atoms with Gasteiger partial charge in [-0.3, -0.25) is 4.98 Å². The lowest BCUT2D eigenvalue weighted by atomic mass is 10.1. The first-order valence-corrected chi connectivity index (χ1v) is 5.78. The summed E-state index contributed by atoms with van der Waals surface area (Å²) in [7, 11) is 1.21. The number of methoxy groups -OCH3 is 1. The third kappa shape index (κ3) is 3.50. The molecule has 0 unspecified atom stereocenters. The van der Waals surface area contributed by atoms with Crippen LogP contribution < -0.4 is 9.47 Å². The van der Waals surface area contributed by atoms with Crippen molar-refractivity contribution in [2.24, 2.45) is 0 Å². The van der Waals surface area contributed by atoms with Crippen molar-refractivity contribution in [3.8, 4) is 17.6 Å². The molecule has 0 atom stereocenters. The van der Waals surface area contributed by atoms with Crippen molar-refractivity contribution in [2.75, 3.05) is 7.11 Å². The van der Waals surface area contributed by atoms with E-state index in [2.05, 4.69) is 25.7 Å². The van der Waals surface area contributed by atoms with Gasteiger partial charge in [-0.15, -0.1) is 13.2 Å². The lowest BCUT2D eigenvalue weighted by molar-refractivity contribution is -0.275. The van der Waals surface area contributed by atoms with Crippen molar-refractivity contribution < 1.29 is 22.6 Å². The third-order valence-electron chi connectivity index (χ3n) is 2.00. The van der Waals surface area contributed by atoms with Crippen molar-refractivity contribution >= 4 is 15.9 Å². The normalized spacial score (nSPS) is 10.9. The van der Waals surface area contributed by atoms with Gasteiger partial charge in [0.2, 0.25) is 0 Å². The standard InChI is InChI=1S/C10H8BrF3N2O2/c1-17-8-5-16-7(2-3-15)6(4-11)9(8)18-10(12,13)14/h5H,2,4H2,1H3. The number of hydrogen-bond donors (Lipinski definition) is 0. The minimum absolute atomic E-state index is 0.0691. The van der Waals surface area contributed by atoms with E-state index in [4.69, 9.17) is 10.00 Å². The Morgan fingerprint density at radius 1 is 1.50 bits per heavy atom. The molecule has 0 N–H and O–H groups in total. The molecule has 18 heavy (non-hydrogen) atoms. The number of alkyl halides is 4. The van der Waals surface area contributed by atoms with E-state index in [0.29, 0.717) is 0 Å². The largest absolute Gasteiger partial charge is 0.573 e. The Bertz CT molecular complexity index is 471. The van der Waals surface area contributed by atoms with E-state index in [1.165, 1.54) is 7.11 Å². The summed E-state index contributed by atoms with van der Waals surface area (Å²) in [4.78, 5) is 3.88. The molecule has 0 saturated carbocycles. The number of halogens is 4. The van der Waals surface area contributed by atoms with Crippen molar-refractivity contribution in [2.45, 2.75) is 18.1 Å². The second-order valence-electron chi connectivity index (χ2n) is 3.10. The van der Waals surface area contributed by atoms with Gasteiger partial charge in [-0.1, -0.05) is 15.9 Å². The maximum atomic E-state index is 12.3. The summed E-state index contributed by atoms with van der Waals surface area (Å²) in [5.74, 6) is -0.606. The second kappa shape index (κ2) is 5.91. The molecule has 0 fully saturated rings. The molecule has 98 valence electrons. The molecule has 0 aromatic carbocycles. The van der Waals surface area contributed by atoms with Crippen molar-refractivity contribution in [3.05, 3.63) is 17.5 Å². The summed E-state index contributed by atoms with van der Waals surface area (Å²) in [5, 5.41) is 8.66. The quantitative estimate of drug-likeness (QED) is 0.799. The van der Waals surface area contributed by atoms with Crippen molar-refractivity contribution in [1.82, 2.24) is 4.98 Å². The second-order valence-corrected chi connectivity index (χ2v) is 3.66. The van der Waals surface area contributed by atoms with E-state index in [1.54, 1.807) is 0 Å². The van der Waals surface area contributed by atoms with Gasteiger partial charge in [0.15, 0.2) is 11.5 Å². The van der Waals surface area contributed by atoms with Gasteiger partial charge in [0.05, 0.1) is 31.5 Å². The van der Waals surface area contributed by atoms with Crippen LogP contribution in [0.4, 0.5) is 13.2 Å². The first kappa shape index (κ1) is 14.6. The zero-order valence-corrected chi connectivity index (χ0v) is 10.8. The highest BCUT2D eigenvalue weighted by molar-refractivity contribution is 9.08. The van der Waals surface area contributed by atoms with E-state index >= 15 is 0 Å². The maximum Gasteiger partial charge on any atom is 0.573 e. The maximum absolute atomic E-state index is 12.3. The molecule has 4 nitrogen and oxygen atoms in total. The summed E-state index contributed by atoms with van der Waals surface area (Å²) in [6.07, 6.45) is -3.85. The van der Waals surface area contributed by atoms with Crippen LogP contribution in [0.15, 0.2) is 6.20 Å². The molecule has 1 aromatic heterocycles. The summed E-state index contributed by atoms with van der Waals surface area (Å²) in [6, 6.07) is 1.83. The number of hydrogen-bond acceptors (Lipinski definition) is 4. The summed E-state index contributed by atoms with van der Waals surface area (Å²) < 4.78 is 45.6. The minimum atomic E-state index is -4.84. The van der Waals surface area contributed by atoms with Gasteiger partial charge in [-0.25, -0.2) is 0 Å². The molecular formula is C10H8BrF3N2O2. The molecule has 0 radical (unpaired) electrons. The number of ether oxygens (including phenoxy) is 2. The molecule has 0 spiro atoms. The van der Waals surface area contributed by atoms with Crippen molar-refractivity contribution in [1.29, 1.82) is 5.26 Å². The van der Waals surface area contributed by atoms with Gasteiger partial charge >= 0.3 is 6.36 Å². The average Bonchev–Trinajstić information content (AvgIpc) is 2.28. The smallest absolute Gasteiger partial charge is 0.491 e. The molecule has 0 aliphatic carbocycles. The van der Waals surface area contributed by atoms with Crippen LogP contribution in [0.1, 0.15) is 11.3 Å². The molecule has 0 saturated heterocycles. The highest BCUT2D eigenvalue weighted by Crippen LogP contribution is 2.37. The van der Waals surface area contributed by atoms with Gasteiger partial charge in [0.25, 0.3) is 0 Å². The third-order valence-corrected chi connectivity index (χ3v) is 2.56. The van der Waals surface area contributed by atoms with Crippen LogP contribution in [-0.4, -0.2) is 18.5 Å². The first-order chi connectivity index (χ1) is 8.42. The Balaban J connectivity index is 3.33. The lowest BCUT2D eigenvalue weighted by Gasteiger charge is -2.16. The highest BCUT2D eigenvalue weighted by atomic mass is 79.9. The molecule has 1 heterocycles. The van der Waals surface area contributed by atoms with Crippen LogP contribution in [0.3, 0.4) is 0 Å². The molecule has 1 rings (SSSR count). The Labute approximate surface area is 109 Å². The first-order valence-electron chi connectivity index (χ1n) is 4.66. The molecule has 0 amide bonds. The highest BCUT2D eigenvalue weighted by Gasteiger charge is 2.34. The zero-order valence-electron chi connectivity index (χ0n) is 9.21. The Morgan fingerprint density at radius 2 is 2.17 bits per heavy atom.